The number of carbonyl (C=O) groups is 2. The third-order valence-electron chi connectivity index (χ3n) is 14.4. The standard InChI is InChI=1S/C63H108O8/c1-15-17-19-21-23-25-27-29-31-33-39-69-54(67)37-35-48-41-50(59(3,4)5)56(51(42-48)60(6,7)8)58(63(45-64,46-65)47-66)71-57-52(61(9,10)11)43-49(44-53(57)62(12,13)14)36-38-55(68)70-40-34-32-30-28-26-24-22-20-18-16-2/h41-44,58,64-66H,15-40,45-47H2,1-14H3. The smallest absolute Gasteiger partial charge is 0.306 e. The van der Waals surface area contributed by atoms with Crippen LogP contribution in [0.4, 0.5) is 0 Å². The fourth-order valence-electron chi connectivity index (χ4n) is 9.65. The zero-order valence-electron chi connectivity index (χ0n) is 48.3. The number of aliphatic hydroxyl groups is 3. The predicted octanol–water partition coefficient (Wildman–Crippen LogP) is 15.8. The van der Waals surface area contributed by atoms with E-state index in [1.807, 2.05) is 0 Å². The van der Waals surface area contributed by atoms with Crippen LogP contribution in [0.2, 0.25) is 0 Å². The largest absolute Gasteiger partial charge is 0.484 e. The van der Waals surface area contributed by atoms with E-state index in [9.17, 15) is 24.9 Å². The molecule has 2 aromatic rings. The second kappa shape index (κ2) is 31.7. The fraction of sp³-hybridized carbons (Fsp3) is 0.778. The molecule has 0 amide bonds. The van der Waals surface area contributed by atoms with E-state index in [-0.39, 0.29) is 24.8 Å². The molecule has 0 radical (unpaired) electrons. The molecule has 0 fully saturated rings. The number of benzene rings is 2. The molecule has 2 aromatic carbocycles. The van der Waals surface area contributed by atoms with Gasteiger partial charge in [0.05, 0.1) is 38.4 Å². The number of aryl methyl sites for hydroxylation is 2. The molecule has 2 rings (SSSR count). The number of aliphatic hydroxyl groups excluding tert-OH is 3. The van der Waals surface area contributed by atoms with Crippen molar-refractivity contribution < 1.29 is 39.1 Å². The van der Waals surface area contributed by atoms with E-state index >= 15 is 0 Å². The Morgan fingerprint density at radius 2 is 0.718 bits per heavy atom. The van der Waals surface area contributed by atoms with Gasteiger partial charge in [0.1, 0.15) is 11.9 Å². The summed E-state index contributed by atoms with van der Waals surface area (Å²) in [5.74, 6) is 0.259. The van der Waals surface area contributed by atoms with Gasteiger partial charge in [0, 0.05) is 29.5 Å². The number of rotatable bonds is 35. The third-order valence-corrected chi connectivity index (χ3v) is 14.4. The second-order valence-electron chi connectivity index (χ2n) is 25.3. The van der Waals surface area contributed by atoms with Gasteiger partial charge in [-0.25, -0.2) is 0 Å². The van der Waals surface area contributed by atoms with E-state index in [0.717, 1.165) is 64.6 Å². The molecule has 1 unspecified atom stereocenters. The topological polar surface area (TPSA) is 123 Å². The molecule has 0 saturated carbocycles. The number of esters is 2. The Bertz CT molecular complexity index is 1730. The van der Waals surface area contributed by atoms with Crippen molar-refractivity contribution in [1.29, 1.82) is 0 Å². The number of unbranched alkanes of at least 4 members (excludes halogenated alkanes) is 18. The van der Waals surface area contributed by atoms with Crippen molar-refractivity contribution in [2.75, 3.05) is 33.0 Å². The van der Waals surface area contributed by atoms with Crippen LogP contribution in [-0.2, 0) is 53.6 Å². The van der Waals surface area contributed by atoms with Crippen molar-refractivity contribution in [3.05, 3.63) is 63.2 Å². The van der Waals surface area contributed by atoms with Crippen LogP contribution in [0.15, 0.2) is 24.3 Å². The van der Waals surface area contributed by atoms with Gasteiger partial charge in [-0.1, -0.05) is 237 Å². The molecular formula is C63H108O8. The summed E-state index contributed by atoms with van der Waals surface area (Å²) >= 11 is 0. The molecule has 0 bridgehead atoms. The minimum Gasteiger partial charge on any atom is -0.484 e. The van der Waals surface area contributed by atoms with Gasteiger partial charge in [-0.15, -0.1) is 0 Å². The van der Waals surface area contributed by atoms with E-state index in [4.69, 9.17) is 14.2 Å². The third kappa shape index (κ3) is 22.6. The van der Waals surface area contributed by atoms with Crippen molar-refractivity contribution in [2.24, 2.45) is 5.41 Å². The monoisotopic (exact) mass is 993 g/mol. The summed E-state index contributed by atoms with van der Waals surface area (Å²) in [6.45, 7) is 29.6. The number of ether oxygens (including phenoxy) is 3. The van der Waals surface area contributed by atoms with Gasteiger partial charge in [-0.05, 0) is 69.6 Å². The van der Waals surface area contributed by atoms with Crippen LogP contribution >= 0.6 is 0 Å². The summed E-state index contributed by atoms with van der Waals surface area (Å²) in [5.41, 5.74) is 3.42. The molecule has 0 spiro atoms. The van der Waals surface area contributed by atoms with Gasteiger partial charge in [0.25, 0.3) is 0 Å². The lowest BCUT2D eigenvalue weighted by atomic mass is 9.68. The Labute approximate surface area is 435 Å². The highest BCUT2D eigenvalue weighted by Crippen LogP contribution is 2.50. The quantitative estimate of drug-likeness (QED) is 0.0461. The summed E-state index contributed by atoms with van der Waals surface area (Å²) in [4.78, 5) is 26.3. The number of hydrogen-bond donors (Lipinski definition) is 3. The molecule has 71 heavy (non-hydrogen) atoms. The Balaban J connectivity index is 2.50. The highest BCUT2D eigenvalue weighted by atomic mass is 16.5. The molecule has 0 aromatic heterocycles. The molecule has 0 heterocycles. The Morgan fingerprint density at radius 3 is 1.00 bits per heavy atom. The zero-order valence-corrected chi connectivity index (χ0v) is 48.3. The van der Waals surface area contributed by atoms with Crippen LogP contribution in [-0.4, -0.2) is 60.3 Å². The summed E-state index contributed by atoms with van der Waals surface area (Å²) < 4.78 is 19.0. The summed E-state index contributed by atoms with van der Waals surface area (Å²) in [6.07, 6.45) is 25.1. The Kier molecular flexibility index (Phi) is 28.7. The van der Waals surface area contributed by atoms with Gasteiger partial charge < -0.3 is 29.5 Å². The number of carbonyl (C=O) groups excluding carboxylic acids is 2. The van der Waals surface area contributed by atoms with Crippen LogP contribution in [0, 0.1) is 5.41 Å². The maximum atomic E-state index is 13.2. The first-order valence-electron chi connectivity index (χ1n) is 28.6. The second-order valence-corrected chi connectivity index (χ2v) is 25.3. The van der Waals surface area contributed by atoms with E-state index in [1.165, 1.54) is 103 Å². The van der Waals surface area contributed by atoms with Gasteiger partial charge in [0.15, 0.2) is 0 Å². The molecule has 0 aliphatic carbocycles. The fourth-order valence-corrected chi connectivity index (χ4v) is 9.65. The van der Waals surface area contributed by atoms with Crippen molar-refractivity contribution in [2.45, 2.75) is 279 Å². The Morgan fingerprint density at radius 1 is 0.437 bits per heavy atom. The molecule has 408 valence electrons. The maximum absolute atomic E-state index is 13.2. The predicted molar refractivity (Wildman–Crippen MR) is 297 cm³/mol. The normalized spacial score (nSPS) is 13.1. The molecule has 1 atom stereocenters. The van der Waals surface area contributed by atoms with Crippen LogP contribution in [0.25, 0.3) is 0 Å². The first kappa shape index (κ1) is 64.2. The lowest BCUT2D eigenvalue weighted by molar-refractivity contribution is -0.144. The highest BCUT2D eigenvalue weighted by Gasteiger charge is 2.46. The van der Waals surface area contributed by atoms with E-state index in [0.29, 0.717) is 31.8 Å². The van der Waals surface area contributed by atoms with Gasteiger partial charge in [0.2, 0.25) is 0 Å². The molecular weight excluding hydrogens is 885 g/mol. The van der Waals surface area contributed by atoms with Gasteiger partial charge >= 0.3 is 11.9 Å². The lowest BCUT2D eigenvalue weighted by Crippen LogP contribution is -2.45. The van der Waals surface area contributed by atoms with E-state index < -0.39 is 53.0 Å². The van der Waals surface area contributed by atoms with Crippen molar-refractivity contribution >= 4 is 11.9 Å². The van der Waals surface area contributed by atoms with Gasteiger partial charge in [-0.3, -0.25) is 9.59 Å². The van der Waals surface area contributed by atoms with E-state index in [1.54, 1.807) is 0 Å². The molecule has 3 N–H and O–H groups in total. The minimum atomic E-state index is -1.49. The SMILES string of the molecule is CCCCCCCCCCCCOC(=O)CCc1cc(C(C)(C)C)c(OC(c2c(C(C)(C)C)cc(CCC(=O)OCCCCCCCCCCCC)cc2C(C)(C)C)C(CO)(CO)CO)c(C(C)(C)C)c1. The first-order valence-corrected chi connectivity index (χ1v) is 28.6. The minimum absolute atomic E-state index is 0.191. The van der Waals surface area contributed by atoms with Crippen LogP contribution < -0.4 is 4.74 Å². The van der Waals surface area contributed by atoms with Crippen molar-refractivity contribution in [1.82, 2.24) is 0 Å². The van der Waals surface area contributed by atoms with Crippen molar-refractivity contribution in [3.63, 3.8) is 0 Å². The maximum Gasteiger partial charge on any atom is 0.306 e. The Hall–Kier alpha value is -2.94. The highest BCUT2D eigenvalue weighted by molar-refractivity contribution is 5.70. The molecule has 8 nitrogen and oxygen atoms in total. The molecule has 8 heteroatoms. The number of hydrogen-bond acceptors (Lipinski definition) is 8. The molecule has 0 aliphatic heterocycles. The van der Waals surface area contributed by atoms with Crippen LogP contribution in [0.5, 0.6) is 5.75 Å². The first-order chi connectivity index (χ1) is 33.4. The van der Waals surface area contributed by atoms with Crippen LogP contribution in [0.1, 0.15) is 283 Å². The lowest BCUT2D eigenvalue weighted by Gasteiger charge is -2.43. The summed E-state index contributed by atoms with van der Waals surface area (Å²) in [7, 11) is 0. The average molecular weight is 994 g/mol. The van der Waals surface area contributed by atoms with Crippen LogP contribution in [0.3, 0.4) is 0 Å². The van der Waals surface area contributed by atoms with Gasteiger partial charge in [-0.2, -0.15) is 0 Å². The molecule has 0 aliphatic rings. The zero-order chi connectivity index (χ0) is 53.3. The summed E-state index contributed by atoms with van der Waals surface area (Å²) in [6, 6.07) is 8.59. The summed E-state index contributed by atoms with van der Waals surface area (Å²) in [5, 5.41) is 34.0. The molecule has 0 saturated heterocycles. The van der Waals surface area contributed by atoms with Crippen molar-refractivity contribution in [3.8, 4) is 5.75 Å². The average Bonchev–Trinajstić information content (AvgIpc) is 3.30. The van der Waals surface area contributed by atoms with E-state index in [2.05, 4.69) is 121 Å².